The molecule has 4 heteroatoms. The highest BCUT2D eigenvalue weighted by molar-refractivity contribution is 5.94. The number of anilines is 2. The molecule has 0 unspecified atom stereocenters. The number of halogens is 1. The molecule has 0 saturated heterocycles. The van der Waals surface area contributed by atoms with Crippen molar-refractivity contribution in [3.8, 4) is 0 Å². The predicted molar refractivity (Wildman–Crippen MR) is 86.7 cm³/mol. The van der Waals surface area contributed by atoms with Gasteiger partial charge in [0.25, 0.3) is 0 Å². The molecule has 1 heterocycles. The zero-order chi connectivity index (χ0) is 15.5. The Bertz CT molecular complexity index is 682. The first-order valence-corrected chi connectivity index (χ1v) is 7.52. The molecule has 0 fully saturated rings. The molecule has 1 amide bonds. The van der Waals surface area contributed by atoms with E-state index in [4.69, 9.17) is 0 Å². The summed E-state index contributed by atoms with van der Waals surface area (Å²) >= 11 is 0. The number of rotatable bonds is 3. The third-order valence-electron chi connectivity index (χ3n) is 3.91. The average molecular weight is 298 g/mol. The molecule has 114 valence electrons. The lowest BCUT2D eigenvalue weighted by molar-refractivity contribution is -0.115. The van der Waals surface area contributed by atoms with Gasteiger partial charge >= 0.3 is 0 Å². The topological polar surface area (TPSA) is 32.3 Å². The Morgan fingerprint density at radius 2 is 2.00 bits per heavy atom. The summed E-state index contributed by atoms with van der Waals surface area (Å²) in [4.78, 5) is 14.3. The highest BCUT2D eigenvalue weighted by Gasteiger charge is 2.19. The van der Waals surface area contributed by atoms with Gasteiger partial charge in [-0.1, -0.05) is 17.7 Å². The molecular formula is C18H19FN2O. The number of aryl methyl sites for hydroxylation is 2. The predicted octanol–water partition coefficient (Wildman–Crippen LogP) is 3.53. The van der Waals surface area contributed by atoms with Gasteiger partial charge in [-0.3, -0.25) is 4.79 Å². The molecule has 3 rings (SSSR count). The minimum Gasteiger partial charge on any atom is -0.362 e. The molecule has 0 atom stereocenters. The summed E-state index contributed by atoms with van der Waals surface area (Å²) in [5.74, 6) is -0.390. The molecule has 0 radical (unpaired) electrons. The van der Waals surface area contributed by atoms with Crippen LogP contribution in [0.2, 0.25) is 0 Å². The maximum Gasteiger partial charge on any atom is 0.243 e. The zero-order valence-electron chi connectivity index (χ0n) is 12.6. The van der Waals surface area contributed by atoms with Gasteiger partial charge in [-0.05, 0) is 55.7 Å². The van der Waals surface area contributed by atoms with Gasteiger partial charge in [-0.2, -0.15) is 0 Å². The van der Waals surface area contributed by atoms with Crippen molar-refractivity contribution in [2.75, 3.05) is 23.3 Å². The zero-order valence-corrected chi connectivity index (χ0v) is 12.6. The van der Waals surface area contributed by atoms with Crippen LogP contribution in [0.1, 0.15) is 17.5 Å². The van der Waals surface area contributed by atoms with Crippen LogP contribution in [-0.4, -0.2) is 19.0 Å². The van der Waals surface area contributed by atoms with Crippen LogP contribution in [0.4, 0.5) is 15.8 Å². The number of hydrogen-bond donors (Lipinski definition) is 1. The Morgan fingerprint density at radius 1 is 1.23 bits per heavy atom. The highest BCUT2D eigenvalue weighted by atomic mass is 19.1. The molecule has 0 spiro atoms. The lowest BCUT2D eigenvalue weighted by atomic mass is 9.99. The fourth-order valence-corrected chi connectivity index (χ4v) is 2.88. The Morgan fingerprint density at radius 3 is 2.77 bits per heavy atom. The van der Waals surface area contributed by atoms with Gasteiger partial charge in [0.05, 0.1) is 6.54 Å². The Kier molecular flexibility index (Phi) is 4.09. The van der Waals surface area contributed by atoms with Crippen LogP contribution in [0, 0.1) is 12.7 Å². The van der Waals surface area contributed by atoms with Crippen LogP contribution in [0.5, 0.6) is 0 Å². The van der Waals surface area contributed by atoms with Crippen LogP contribution >= 0.6 is 0 Å². The minimum atomic E-state index is -0.307. The number of carbonyl (C=O) groups excluding carboxylic acids is 1. The summed E-state index contributed by atoms with van der Waals surface area (Å²) in [6, 6.07) is 12.2. The fraction of sp³-hybridized carbons (Fsp3) is 0.278. The normalized spacial score (nSPS) is 13.6. The van der Waals surface area contributed by atoms with Crippen molar-refractivity contribution in [1.82, 2.24) is 0 Å². The second-order valence-electron chi connectivity index (χ2n) is 5.71. The molecule has 22 heavy (non-hydrogen) atoms. The van der Waals surface area contributed by atoms with E-state index in [0.717, 1.165) is 25.1 Å². The third kappa shape index (κ3) is 3.27. The summed E-state index contributed by atoms with van der Waals surface area (Å²) in [6.45, 7) is 3.28. The summed E-state index contributed by atoms with van der Waals surface area (Å²) < 4.78 is 12.9. The molecule has 1 N–H and O–H groups in total. The molecule has 0 saturated carbocycles. The molecule has 0 aromatic heterocycles. The standard InChI is InChI=1S/C18H19FN2O/c1-13-4-9-17-14(11-13)3-2-10-21(17)12-18(22)20-16-7-5-15(19)6-8-16/h4-9,11H,2-3,10,12H2,1H3,(H,20,22). The Labute approximate surface area is 129 Å². The van der Waals surface area contributed by atoms with Crippen molar-refractivity contribution in [2.24, 2.45) is 0 Å². The number of nitrogens with zero attached hydrogens (tertiary/aromatic N) is 1. The molecule has 3 nitrogen and oxygen atoms in total. The van der Waals surface area contributed by atoms with Crippen molar-refractivity contribution in [1.29, 1.82) is 0 Å². The molecule has 0 aliphatic carbocycles. The fourth-order valence-electron chi connectivity index (χ4n) is 2.88. The lowest BCUT2D eigenvalue weighted by Gasteiger charge is -2.31. The van der Waals surface area contributed by atoms with E-state index >= 15 is 0 Å². The van der Waals surface area contributed by atoms with E-state index in [1.54, 1.807) is 12.1 Å². The second-order valence-corrected chi connectivity index (χ2v) is 5.71. The molecule has 0 bridgehead atoms. The molecule has 2 aromatic rings. The van der Waals surface area contributed by atoms with Crippen molar-refractivity contribution >= 4 is 17.3 Å². The highest BCUT2D eigenvalue weighted by Crippen LogP contribution is 2.27. The van der Waals surface area contributed by atoms with Crippen LogP contribution in [0.25, 0.3) is 0 Å². The second kappa shape index (κ2) is 6.18. The van der Waals surface area contributed by atoms with Gasteiger partial charge in [0.15, 0.2) is 0 Å². The van der Waals surface area contributed by atoms with E-state index in [1.807, 2.05) is 0 Å². The van der Waals surface area contributed by atoms with Gasteiger partial charge in [-0.15, -0.1) is 0 Å². The Balaban J connectivity index is 1.69. The molecular weight excluding hydrogens is 279 g/mol. The smallest absolute Gasteiger partial charge is 0.243 e. The van der Waals surface area contributed by atoms with Crippen LogP contribution in [-0.2, 0) is 11.2 Å². The van der Waals surface area contributed by atoms with Gasteiger partial charge < -0.3 is 10.2 Å². The van der Waals surface area contributed by atoms with Crippen LogP contribution < -0.4 is 10.2 Å². The van der Waals surface area contributed by atoms with Crippen molar-refractivity contribution in [3.63, 3.8) is 0 Å². The van der Waals surface area contributed by atoms with Gasteiger partial charge in [0.2, 0.25) is 5.91 Å². The van der Waals surface area contributed by atoms with Crippen LogP contribution in [0.15, 0.2) is 42.5 Å². The summed E-state index contributed by atoms with van der Waals surface area (Å²) in [7, 11) is 0. The van der Waals surface area contributed by atoms with E-state index < -0.39 is 0 Å². The van der Waals surface area contributed by atoms with E-state index in [9.17, 15) is 9.18 Å². The number of fused-ring (bicyclic) bond motifs is 1. The molecule has 2 aromatic carbocycles. The number of carbonyl (C=O) groups is 1. The largest absolute Gasteiger partial charge is 0.362 e. The summed E-state index contributed by atoms with van der Waals surface area (Å²) in [6.07, 6.45) is 2.12. The number of benzene rings is 2. The molecule has 1 aliphatic heterocycles. The monoisotopic (exact) mass is 298 g/mol. The first kappa shape index (κ1) is 14.6. The Hall–Kier alpha value is -2.36. The van der Waals surface area contributed by atoms with Gasteiger partial charge in [0.1, 0.15) is 5.82 Å². The van der Waals surface area contributed by atoms with E-state index in [0.29, 0.717) is 12.2 Å². The minimum absolute atomic E-state index is 0.0833. The molecule has 1 aliphatic rings. The van der Waals surface area contributed by atoms with Gasteiger partial charge in [0, 0.05) is 17.9 Å². The maximum atomic E-state index is 12.9. The summed E-state index contributed by atoms with van der Waals surface area (Å²) in [5.41, 5.74) is 4.32. The quantitative estimate of drug-likeness (QED) is 0.940. The average Bonchev–Trinajstić information content (AvgIpc) is 2.49. The summed E-state index contributed by atoms with van der Waals surface area (Å²) in [5, 5.41) is 2.81. The van der Waals surface area contributed by atoms with E-state index in [2.05, 4.69) is 35.3 Å². The maximum absolute atomic E-state index is 12.9. The van der Waals surface area contributed by atoms with E-state index in [1.165, 1.54) is 23.3 Å². The third-order valence-corrected chi connectivity index (χ3v) is 3.91. The van der Waals surface area contributed by atoms with Crippen molar-refractivity contribution < 1.29 is 9.18 Å². The van der Waals surface area contributed by atoms with Crippen molar-refractivity contribution in [2.45, 2.75) is 19.8 Å². The lowest BCUT2D eigenvalue weighted by Crippen LogP contribution is -2.36. The number of amides is 1. The van der Waals surface area contributed by atoms with Gasteiger partial charge in [-0.25, -0.2) is 4.39 Å². The SMILES string of the molecule is Cc1ccc2c(c1)CCCN2CC(=O)Nc1ccc(F)cc1. The number of hydrogen-bond acceptors (Lipinski definition) is 2. The van der Waals surface area contributed by atoms with Crippen LogP contribution in [0.3, 0.4) is 0 Å². The number of nitrogens with one attached hydrogen (secondary N) is 1. The first-order chi connectivity index (χ1) is 10.6. The van der Waals surface area contributed by atoms with E-state index in [-0.39, 0.29) is 11.7 Å². The first-order valence-electron chi connectivity index (χ1n) is 7.52. The van der Waals surface area contributed by atoms with Crippen molar-refractivity contribution in [3.05, 3.63) is 59.4 Å².